The maximum absolute atomic E-state index is 13.2. The van der Waals surface area contributed by atoms with Crippen LogP contribution in [0, 0.1) is 0 Å². The molecule has 12 rings (SSSR count). The van der Waals surface area contributed by atoms with Crippen LogP contribution in [0.15, 0.2) is 146 Å². The summed E-state index contributed by atoms with van der Waals surface area (Å²) in [6.07, 6.45) is 0.990. The minimum atomic E-state index is -1.37. The number of aromatic hydroxyl groups is 1. The zero-order valence-corrected chi connectivity index (χ0v) is 46.2. The lowest BCUT2D eigenvalue weighted by Crippen LogP contribution is -2.33. The number of halogens is 4. The van der Waals surface area contributed by atoms with Crippen LogP contribution in [-0.2, 0) is 47.8 Å². The van der Waals surface area contributed by atoms with E-state index < -0.39 is 35.1 Å². The SMILES string of the molecule is CN(c1ccc(CCC(=O)O)cc1)c1cc2c(cc1Cl)C1(OC(=O)c3ccccc31)c1cc(Cl)c(O)cc1O2.COCOc1cc2c(cc1Cl)C1(OC(=O)c3ccccc31)c1cc(Cl)c(N(C)c3ccc(CCC(=O)O)cc3)cc1O2. The maximum Gasteiger partial charge on any atom is 0.340 e. The highest BCUT2D eigenvalue weighted by Crippen LogP contribution is 2.61. The average molecular weight is 1170 g/mol. The predicted molar refractivity (Wildman–Crippen MR) is 305 cm³/mol. The number of rotatable bonds is 13. The number of carbonyl (C=O) groups is 4. The Hall–Kier alpha value is -8.44. The third-order valence-corrected chi connectivity index (χ3v) is 15.8. The van der Waals surface area contributed by atoms with Gasteiger partial charge in [0.15, 0.2) is 18.0 Å². The van der Waals surface area contributed by atoms with Crippen molar-refractivity contribution in [2.45, 2.75) is 36.9 Å². The normalized spacial score (nSPS) is 16.4. The van der Waals surface area contributed by atoms with Crippen LogP contribution >= 0.6 is 46.4 Å². The molecule has 0 radical (unpaired) electrons. The summed E-state index contributed by atoms with van der Waals surface area (Å²) in [5, 5.41) is 29.5. The molecule has 0 bridgehead atoms. The van der Waals surface area contributed by atoms with Crippen LogP contribution in [0.4, 0.5) is 22.7 Å². The number of anilines is 4. The number of carbonyl (C=O) groups excluding carboxylic acids is 2. The molecule has 0 saturated heterocycles. The van der Waals surface area contributed by atoms with Crippen molar-refractivity contribution >= 4 is 93.0 Å². The first-order valence-electron chi connectivity index (χ1n) is 25.2. The first-order chi connectivity index (χ1) is 38.9. The monoisotopic (exact) mass is 1170 g/mol. The van der Waals surface area contributed by atoms with E-state index in [9.17, 15) is 24.3 Å². The molecule has 8 aromatic carbocycles. The second-order valence-electron chi connectivity index (χ2n) is 19.4. The van der Waals surface area contributed by atoms with E-state index in [4.69, 9.17) is 85.0 Å². The van der Waals surface area contributed by atoms with Gasteiger partial charge in [-0.3, -0.25) is 9.59 Å². The Kier molecular flexibility index (Phi) is 14.5. The molecule has 8 aromatic rings. The second-order valence-corrected chi connectivity index (χ2v) is 21.0. The number of phenolic OH excluding ortho intramolecular Hbond substituents is 1. The highest BCUT2D eigenvalue weighted by Gasteiger charge is 2.56. The molecule has 3 N–H and O–H groups in total. The van der Waals surface area contributed by atoms with Gasteiger partial charge in [-0.15, -0.1) is 0 Å². The Morgan fingerprint density at radius 3 is 1.35 bits per heavy atom. The summed E-state index contributed by atoms with van der Waals surface area (Å²) in [5.41, 5.74) is 6.26. The number of nitrogens with zero attached hydrogens (tertiary/aromatic N) is 2. The smallest absolute Gasteiger partial charge is 0.340 e. The molecule has 81 heavy (non-hydrogen) atoms. The predicted octanol–water partition coefficient (Wildman–Crippen LogP) is 14.4. The Morgan fingerprint density at radius 2 is 0.914 bits per heavy atom. The second kappa shape index (κ2) is 21.6. The van der Waals surface area contributed by atoms with E-state index in [1.54, 1.807) is 66.7 Å². The molecule has 0 aliphatic carbocycles. The molecule has 4 aliphatic rings. The van der Waals surface area contributed by atoms with Gasteiger partial charge in [-0.05, 0) is 84.6 Å². The lowest BCUT2D eigenvalue weighted by Gasteiger charge is -2.37. The van der Waals surface area contributed by atoms with Gasteiger partial charge in [0.1, 0.15) is 34.5 Å². The van der Waals surface area contributed by atoms with E-state index in [-0.39, 0.29) is 30.4 Å². The molecule has 2 unspecified atom stereocenters. The largest absolute Gasteiger partial charge is 0.506 e. The van der Waals surface area contributed by atoms with E-state index in [0.29, 0.717) is 113 Å². The zero-order valence-electron chi connectivity index (χ0n) is 43.2. The summed E-state index contributed by atoms with van der Waals surface area (Å²) in [5.74, 6) is -0.921. The number of hydrogen-bond donors (Lipinski definition) is 3. The number of aliphatic carboxylic acids is 2. The number of ether oxygens (including phenoxy) is 6. The fourth-order valence-electron chi connectivity index (χ4n) is 10.7. The van der Waals surface area contributed by atoms with Crippen LogP contribution in [0.1, 0.15) is 78.1 Å². The van der Waals surface area contributed by atoms with Gasteiger partial charge in [-0.2, -0.15) is 0 Å². The van der Waals surface area contributed by atoms with E-state index in [1.165, 1.54) is 13.2 Å². The molecular weight excluding hydrogens is 1120 g/mol. The van der Waals surface area contributed by atoms with Gasteiger partial charge in [0.05, 0.1) is 42.6 Å². The summed E-state index contributed by atoms with van der Waals surface area (Å²) in [7, 11) is 5.23. The lowest BCUT2D eigenvalue weighted by molar-refractivity contribution is -0.138. The Labute approximate surface area is 483 Å². The number of methoxy groups -OCH3 is 1. The van der Waals surface area contributed by atoms with Crippen molar-refractivity contribution in [3.05, 3.63) is 221 Å². The first kappa shape index (κ1) is 54.5. The quantitative estimate of drug-likeness (QED) is 0.0729. The molecule has 15 nitrogen and oxygen atoms in total. The molecule has 4 heterocycles. The van der Waals surface area contributed by atoms with Gasteiger partial charge in [-0.1, -0.05) is 107 Å². The van der Waals surface area contributed by atoms with Crippen molar-refractivity contribution in [1.82, 2.24) is 0 Å². The van der Waals surface area contributed by atoms with Crippen molar-refractivity contribution in [3.8, 4) is 34.5 Å². The number of carboxylic acids is 2. The van der Waals surface area contributed by atoms with Gasteiger partial charge in [0.25, 0.3) is 0 Å². The van der Waals surface area contributed by atoms with E-state index in [0.717, 1.165) is 22.5 Å². The van der Waals surface area contributed by atoms with E-state index >= 15 is 0 Å². The molecule has 0 aromatic heterocycles. The molecule has 2 spiro atoms. The summed E-state index contributed by atoms with van der Waals surface area (Å²) in [6.45, 7) is -0.0162. The fraction of sp³-hybridized carbons (Fsp3) is 0.161. The first-order valence-corrected chi connectivity index (χ1v) is 26.7. The van der Waals surface area contributed by atoms with Crippen molar-refractivity contribution < 1.29 is 62.9 Å². The van der Waals surface area contributed by atoms with Crippen LogP contribution in [0.25, 0.3) is 0 Å². The number of carboxylic acid groups (broad SMARTS) is 2. The van der Waals surface area contributed by atoms with Gasteiger partial charge >= 0.3 is 23.9 Å². The summed E-state index contributed by atoms with van der Waals surface area (Å²) < 4.78 is 35.7. The van der Waals surface area contributed by atoms with Crippen molar-refractivity contribution in [3.63, 3.8) is 0 Å². The van der Waals surface area contributed by atoms with Crippen molar-refractivity contribution in [1.29, 1.82) is 0 Å². The van der Waals surface area contributed by atoms with Crippen LogP contribution in [-0.4, -0.2) is 67.2 Å². The molecule has 19 heteroatoms. The highest BCUT2D eigenvalue weighted by atomic mass is 35.5. The topological polar surface area (TPSA) is 191 Å². The van der Waals surface area contributed by atoms with Gasteiger partial charge < -0.3 is 53.5 Å². The Balaban J connectivity index is 0.000000171. The van der Waals surface area contributed by atoms with E-state index in [1.807, 2.05) is 96.7 Å². The molecular formula is C62H46Cl4N2O13. The molecule has 4 aliphatic heterocycles. The molecule has 410 valence electrons. The lowest BCUT2D eigenvalue weighted by atomic mass is 9.77. The number of fused-ring (bicyclic) bond motifs is 12. The zero-order chi connectivity index (χ0) is 57.1. The van der Waals surface area contributed by atoms with Crippen LogP contribution in [0.3, 0.4) is 0 Å². The number of benzene rings is 8. The Morgan fingerprint density at radius 1 is 0.519 bits per heavy atom. The van der Waals surface area contributed by atoms with Crippen LogP contribution < -0.4 is 24.0 Å². The minimum Gasteiger partial charge on any atom is -0.506 e. The van der Waals surface area contributed by atoms with Gasteiger partial charge in [0.2, 0.25) is 0 Å². The summed E-state index contributed by atoms with van der Waals surface area (Å²) in [4.78, 5) is 51.9. The van der Waals surface area contributed by atoms with Gasteiger partial charge in [-0.25, -0.2) is 9.59 Å². The van der Waals surface area contributed by atoms with Crippen molar-refractivity contribution in [2.75, 3.05) is 37.8 Å². The maximum atomic E-state index is 13.2. The van der Waals surface area contributed by atoms with E-state index in [2.05, 4.69) is 0 Å². The minimum absolute atomic E-state index is 0.0162. The van der Waals surface area contributed by atoms with Crippen LogP contribution in [0.2, 0.25) is 20.1 Å². The number of esters is 2. The van der Waals surface area contributed by atoms with Gasteiger partial charge in [0, 0.05) is 103 Å². The number of phenols is 1. The third kappa shape index (κ3) is 9.64. The standard InChI is InChI=1S/C32H25Cl2NO7.C30H21Cl2NO6/c1-35(19-10-7-18(8-11-19)9-12-30(36)37)26-15-27-22(13-24(26)33)32(21-6-4-3-5-20(21)31(38)42-32)23-14-25(34)29(40-17-39-2)16-28(23)41-27;1-33(17-9-6-16(7-10-17)8-11-28(35)36)24-14-26-20(12-22(24)31)30(19-5-3-2-4-18(19)29(37)39-30)21-13-23(32)25(34)15-27(21)38-26/h3-8,10-11,13-16H,9,12,17H2,1-2H3,(H,36,37);2-7,9-10,12-15,34H,8,11H2,1H3,(H,35,36). The third-order valence-electron chi connectivity index (χ3n) is 14.6. The highest BCUT2D eigenvalue weighted by molar-refractivity contribution is 6.34. The molecule has 0 fully saturated rings. The number of aryl methyl sites for hydroxylation is 2. The molecule has 2 atom stereocenters. The fourth-order valence-corrected chi connectivity index (χ4v) is 11.6. The molecule has 0 amide bonds. The van der Waals surface area contributed by atoms with Crippen LogP contribution in [0.5, 0.6) is 34.5 Å². The summed E-state index contributed by atoms with van der Waals surface area (Å²) in [6, 6.07) is 42.8. The average Bonchev–Trinajstić information content (AvgIpc) is 4.19. The summed E-state index contributed by atoms with van der Waals surface area (Å²) >= 11 is 26.7. The Bertz CT molecular complexity index is 3890. The van der Waals surface area contributed by atoms with Crippen molar-refractivity contribution in [2.24, 2.45) is 0 Å². The number of hydrogen-bond acceptors (Lipinski definition) is 13. The molecule has 0 saturated carbocycles.